The first-order valence-electron chi connectivity index (χ1n) is 6.59. The van der Waals surface area contributed by atoms with E-state index in [0.717, 1.165) is 11.9 Å². The molecule has 1 aromatic heterocycles. The number of aromatic nitrogens is 1. The first-order chi connectivity index (χ1) is 9.08. The Morgan fingerprint density at radius 1 is 1.37 bits per heavy atom. The van der Waals surface area contributed by atoms with Crippen molar-refractivity contribution in [2.45, 2.75) is 26.3 Å². The van der Waals surface area contributed by atoms with E-state index < -0.39 is 5.97 Å². The molecule has 2 rings (SSSR count). The van der Waals surface area contributed by atoms with Gasteiger partial charge in [0.25, 0.3) is 0 Å². The van der Waals surface area contributed by atoms with Crippen LogP contribution < -0.4 is 5.32 Å². The quantitative estimate of drug-likeness (QED) is 0.747. The maximum atomic E-state index is 10.8. The van der Waals surface area contributed by atoms with Gasteiger partial charge in [0.15, 0.2) is 0 Å². The minimum atomic E-state index is -0.758. The third-order valence-electron chi connectivity index (χ3n) is 3.40. The van der Waals surface area contributed by atoms with Crippen molar-refractivity contribution >= 4 is 16.9 Å². The second-order valence-electron chi connectivity index (χ2n) is 5.11. The Kier molecular flexibility index (Phi) is 4.22. The van der Waals surface area contributed by atoms with Gasteiger partial charge in [-0.3, -0.25) is 4.79 Å². The summed E-state index contributed by atoms with van der Waals surface area (Å²) < 4.78 is 0. The molecule has 2 aromatic rings. The topological polar surface area (TPSA) is 65.1 Å². The average Bonchev–Trinajstić information content (AvgIpc) is 2.79. The molecule has 0 fully saturated rings. The van der Waals surface area contributed by atoms with Gasteiger partial charge in [0.05, 0.1) is 5.92 Å². The van der Waals surface area contributed by atoms with Gasteiger partial charge in [-0.05, 0) is 25.0 Å². The number of aliphatic carboxylic acids is 1. The second-order valence-corrected chi connectivity index (χ2v) is 5.11. The fraction of sp³-hybridized carbons (Fsp3) is 0.400. The van der Waals surface area contributed by atoms with E-state index in [1.54, 1.807) is 6.92 Å². The summed E-state index contributed by atoms with van der Waals surface area (Å²) in [4.78, 5) is 14.0. The Bertz CT molecular complexity index is 562. The summed E-state index contributed by atoms with van der Waals surface area (Å²) in [5.41, 5.74) is 2.40. The number of nitrogens with one attached hydrogen (secondary N) is 2. The molecule has 2 atom stereocenters. The van der Waals surface area contributed by atoms with Crippen molar-refractivity contribution < 1.29 is 9.90 Å². The third kappa shape index (κ3) is 3.35. The number of carbonyl (C=O) groups is 1. The van der Waals surface area contributed by atoms with E-state index >= 15 is 0 Å². The Hall–Kier alpha value is -1.81. The highest BCUT2D eigenvalue weighted by atomic mass is 16.4. The number of carboxylic acid groups (broad SMARTS) is 1. The van der Waals surface area contributed by atoms with E-state index in [9.17, 15) is 4.79 Å². The molecule has 0 saturated carbocycles. The van der Waals surface area contributed by atoms with E-state index in [-0.39, 0.29) is 12.0 Å². The highest BCUT2D eigenvalue weighted by Crippen LogP contribution is 2.18. The number of H-pyrrole nitrogens is 1. The molecule has 0 aliphatic rings. The van der Waals surface area contributed by atoms with Gasteiger partial charge in [-0.25, -0.2) is 0 Å². The minimum Gasteiger partial charge on any atom is -0.481 e. The van der Waals surface area contributed by atoms with Crippen LogP contribution in [-0.2, 0) is 11.2 Å². The molecule has 0 saturated heterocycles. The molecule has 0 spiro atoms. The molecule has 1 heterocycles. The summed E-state index contributed by atoms with van der Waals surface area (Å²) in [6.07, 6.45) is 2.92. The zero-order chi connectivity index (χ0) is 13.8. The lowest BCUT2D eigenvalue weighted by atomic mass is 10.1. The number of carboxylic acids is 1. The maximum Gasteiger partial charge on any atom is 0.307 e. The molecule has 102 valence electrons. The summed E-state index contributed by atoms with van der Waals surface area (Å²) in [6, 6.07) is 8.46. The van der Waals surface area contributed by atoms with E-state index in [4.69, 9.17) is 5.11 Å². The van der Waals surface area contributed by atoms with Gasteiger partial charge in [0, 0.05) is 29.7 Å². The van der Waals surface area contributed by atoms with Crippen LogP contribution >= 0.6 is 0 Å². The molecule has 0 aliphatic heterocycles. The predicted molar refractivity (Wildman–Crippen MR) is 76.3 cm³/mol. The van der Waals surface area contributed by atoms with Gasteiger partial charge in [0.1, 0.15) is 0 Å². The smallest absolute Gasteiger partial charge is 0.307 e. The van der Waals surface area contributed by atoms with E-state index in [1.807, 2.05) is 18.3 Å². The van der Waals surface area contributed by atoms with Crippen LogP contribution in [0, 0.1) is 5.92 Å². The van der Waals surface area contributed by atoms with Gasteiger partial charge in [-0.2, -0.15) is 0 Å². The highest BCUT2D eigenvalue weighted by Gasteiger charge is 2.13. The predicted octanol–water partition coefficient (Wildman–Crippen LogP) is 2.41. The fourth-order valence-corrected chi connectivity index (χ4v) is 2.17. The van der Waals surface area contributed by atoms with Gasteiger partial charge < -0.3 is 15.4 Å². The lowest BCUT2D eigenvalue weighted by Crippen LogP contribution is -2.34. The normalized spacial score (nSPS) is 14.4. The Labute approximate surface area is 112 Å². The molecule has 0 aliphatic carbocycles. The van der Waals surface area contributed by atoms with Crippen LogP contribution in [-0.4, -0.2) is 28.6 Å². The molecule has 4 nitrogen and oxygen atoms in total. The van der Waals surface area contributed by atoms with E-state index in [2.05, 4.69) is 29.4 Å². The van der Waals surface area contributed by atoms with Crippen LogP contribution in [0.4, 0.5) is 0 Å². The van der Waals surface area contributed by atoms with Crippen molar-refractivity contribution in [3.63, 3.8) is 0 Å². The Morgan fingerprint density at radius 3 is 2.84 bits per heavy atom. The molecule has 0 radical (unpaired) electrons. The zero-order valence-electron chi connectivity index (χ0n) is 11.3. The SMILES string of the molecule is CC(Cc1c[nH]c2ccccc12)NCC(C)C(=O)O. The van der Waals surface area contributed by atoms with Crippen molar-refractivity contribution in [1.82, 2.24) is 10.3 Å². The second kappa shape index (κ2) is 5.89. The number of aromatic amines is 1. The fourth-order valence-electron chi connectivity index (χ4n) is 2.17. The Balaban J connectivity index is 1.95. The average molecular weight is 260 g/mol. The molecule has 3 N–H and O–H groups in total. The number of benzene rings is 1. The van der Waals surface area contributed by atoms with Gasteiger partial charge in [-0.15, -0.1) is 0 Å². The Morgan fingerprint density at radius 2 is 2.11 bits per heavy atom. The molecular formula is C15H20N2O2. The highest BCUT2D eigenvalue weighted by molar-refractivity contribution is 5.83. The molecule has 0 bridgehead atoms. The summed E-state index contributed by atoms with van der Waals surface area (Å²) >= 11 is 0. The van der Waals surface area contributed by atoms with Gasteiger partial charge in [-0.1, -0.05) is 25.1 Å². The monoisotopic (exact) mass is 260 g/mol. The van der Waals surface area contributed by atoms with Gasteiger partial charge in [0.2, 0.25) is 0 Å². The molecule has 19 heavy (non-hydrogen) atoms. The summed E-state index contributed by atoms with van der Waals surface area (Å²) in [5.74, 6) is -1.11. The number of rotatable bonds is 6. The number of hydrogen-bond donors (Lipinski definition) is 3. The van der Waals surface area contributed by atoms with Crippen LogP contribution in [0.1, 0.15) is 19.4 Å². The molecule has 2 unspecified atom stereocenters. The van der Waals surface area contributed by atoms with Crippen LogP contribution in [0.3, 0.4) is 0 Å². The van der Waals surface area contributed by atoms with Gasteiger partial charge >= 0.3 is 5.97 Å². The summed E-state index contributed by atoms with van der Waals surface area (Å²) in [6.45, 7) is 4.29. The minimum absolute atomic E-state index is 0.251. The van der Waals surface area contributed by atoms with Crippen molar-refractivity contribution in [3.05, 3.63) is 36.0 Å². The number of para-hydroxylation sites is 1. The number of fused-ring (bicyclic) bond motifs is 1. The van der Waals surface area contributed by atoms with Crippen molar-refractivity contribution in [2.75, 3.05) is 6.54 Å². The zero-order valence-corrected chi connectivity index (χ0v) is 11.3. The molecule has 4 heteroatoms. The largest absolute Gasteiger partial charge is 0.481 e. The summed E-state index contributed by atoms with van der Waals surface area (Å²) in [5, 5.41) is 13.4. The first kappa shape index (κ1) is 13.6. The van der Waals surface area contributed by atoms with Crippen molar-refractivity contribution in [3.8, 4) is 0 Å². The van der Waals surface area contributed by atoms with Crippen LogP contribution in [0.5, 0.6) is 0 Å². The van der Waals surface area contributed by atoms with E-state index in [1.165, 1.54) is 10.9 Å². The molecule has 0 amide bonds. The molecule has 1 aromatic carbocycles. The first-order valence-corrected chi connectivity index (χ1v) is 6.59. The standard InChI is InChI=1S/C15H20N2O2/c1-10(15(18)19)8-16-11(2)7-12-9-17-14-6-4-3-5-13(12)14/h3-6,9-11,16-17H,7-8H2,1-2H3,(H,18,19). The molecular weight excluding hydrogens is 240 g/mol. The van der Waals surface area contributed by atoms with Crippen LogP contribution in [0.2, 0.25) is 0 Å². The van der Waals surface area contributed by atoms with Crippen LogP contribution in [0.15, 0.2) is 30.5 Å². The van der Waals surface area contributed by atoms with E-state index in [0.29, 0.717) is 6.54 Å². The lowest BCUT2D eigenvalue weighted by molar-refractivity contribution is -0.140. The van der Waals surface area contributed by atoms with Crippen LogP contribution in [0.25, 0.3) is 10.9 Å². The number of hydrogen-bond acceptors (Lipinski definition) is 2. The third-order valence-corrected chi connectivity index (χ3v) is 3.40. The van der Waals surface area contributed by atoms with Crippen molar-refractivity contribution in [2.24, 2.45) is 5.92 Å². The lowest BCUT2D eigenvalue weighted by Gasteiger charge is -2.15. The maximum absolute atomic E-state index is 10.8. The van der Waals surface area contributed by atoms with Crippen molar-refractivity contribution in [1.29, 1.82) is 0 Å². The summed E-state index contributed by atoms with van der Waals surface area (Å²) in [7, 11) is 0.